The number of aryl methyl sites for hydroxylation is 1. The van der Waals surface area contributed by atoms with Crippen LogP contribution in [0.1, 0.15) is 36.2 Å². The minimum absolute atomic E-state index is 0.0962. The van der Waals surface area contributed by atoms with E-state index in [1.54, 1.807) is 19.2 Å². The predicted molar refractivity (Wildman–Crippen MR) is 95.9 cm³/mol. The van der Waals surface area contributed by atoms with Gasteiger partial charge in [0.25, 0.3) is 0 Å². The minimum Gasteiger partial charge on any atom is -0.496 e. The number of ether oxygens (including phenoxy) is 3. The van der Waals surface area contributed by atoms with Crippen LogP contribution in [0.3, 0.4) is 0 Å². The van der Waals surface area contributed by atoms with Crippen LogP contribution in [0.2, 0.25) is 0 Å². The number of hydrogen-bond donors (Lipinski definition) is 0. The fraction of sp³-hybridized carbons (Fsp3) is 0.381. The molecular formula is C21H24O4. The van der Waals surface area contributed by atoms with Gasteiger partial charge in [-0.05, 0) is 44.4 Å². The summed E-state index contributed by atoms with van der Waals surface area (Å²) in [5, 5.41) is 0. The number of methoxy groups -OCH3 is 1. The van der Waals surface area contributed by atoms with Crippen molar-refractivity contribution < 1.29 is 19.0 Å². The number of hydrogen-bond acceptors (Lipinski definition) is 4. The molecule has 0 aliphatic carbocycles. The van der Waals surface area contributed by atoms with Crippen LogP contribution in [0, 0.1) is 0 Å². The average Bonchev–Trinajstić information content (AvgIpc) is 2.95. The van der Waals surface area contributed by atoms with E-state index in [-0.39, 0.29) is 11.9 Å². The Labute approximate surface area is 148 Å². The van der Waals surface area contributed by atoms with Crippen molar-refractivity contribution in [2.45, 2.75) is 44.7 Å². The van der Waals surface area contributed by atoms with Gasteiger partial charge in [-0.3, -0.25) is 4.79 Å². The summed E-state index contributed by atoms with van der Waals surface area (Å²) in [6, 6.07) is 17.4. The van der Waals surface area contributed by atoms with E-state index < -0.39 is 11.9 Å². The first-order chi connectivity index (χ1) is 12.0. The summed E-state index contributed by atoms with van der Waals surface area (Å²) in [6.45, 7) is 3.69. The monoisotopic (exact) mass is 340 g/mol. The zero-order valence-corrected chi connectivity index (χ0v) is 14.9. The van der Waals surface area contributed by atoms with Crippen LogP contribution in [-0.4, -0.2) is 30.9 Å². The zero-order valence-electron chi connectivity index (χ0n) is 14.9. The average molecular weight is 340 g/mol. The summed E-state index contributed by atoms with van der Waals surface area (Å²) in [7, 11) is 1.56. The van der Waals surface area contributed by atoms with E-state index in [2.05, 4.69) is 12.1 Å². The molecule has 4 nitrogen and oxygen atoms in total. The fourth-order valence-corrected chi connectivity index (χ4v) is 3.22. The molecule has 132 valence electrons. The Kier molecular flexibility index (Phi) is 5.21. The lowest BCUT2D eigenvalue weighted by molar-refractivity contribution is -0.143. The molecule has 0 aromatic heterocycles. The lowest BCUT2D eigenvalue weighted by Crippen LogP contribution is -2.32. The number of benzene rings is 2. The molecule has 0 N–H and O–H groups in total. The standard InChI is InChI=1S/C21H24O4/c1-21(2)24-18(14-13-15-9-5-4-6-10-15)20(25-21)19(22)16-11-7-8-12-17(16)23-3/h4-12,18,20H,13-14H2,1-3H3/t18-,20+/m0/s1. The summed E-state index contributed by atoms with van der Waals surface area (Å²) in [5.41, 5.74) is 1.75. The normalized spacial score (nSPS) is 21.9. The highest BCUT2D eigenvalue weighted by Crippen LogP contribution is 2.34. The van der Waals surface area contributed by atoms with Gasteiger partial charge in [0.1, 0.15) is 5.75 Å². The van der Waals surface area contributed by atoms with Gasteiger partial charge in [0.15, 0.2) is 17.7 Å². The van der Waals surface area contributed by atoms with Gasteiger partial charge >= 0.3 is 0 Å². The number of para-hydroxylation sites is 1. The Morgan fingerprint density at radius 1 is 1.04 bits per heavy atom. The third-order valence-corrected chi connectivity index (χ3v) is 4.37. The largest absolute Gasteiger partial charge is 0.496 e. The molecule has 1 heterocycles. The van der Waals surface area contributed by atoms with Crippen molar-refractivity contribution in [3.63, 3.8) is 0 Å². The molecule has 1 aliphatic heterocycles. The molecule has 2 aromatic carbocycles. The molecule has 25 heavy (non-hydrogen) atoms. The molecule has 1 aliphatic rings. The van der Waals surface area contributed by atoms with Gasteiger partial charge in [-0.1, -0.05) is 42.5 Å². The fourth-order valence-electron chi connectivity index (χ4n) is 3.22. The van der Waals surface area contributed by atoms with E-state index in [0.717, 1.165) is 12.8 Å². The summed E-state index contributed by atoms with van der Waals surface area (Å²) in [4.78, 5) is 13.1. The van der Waals surface area contributed by atoms with Crippen molar-refractivity contribution in [2.24, 2.45) is 0 Å². The van der Waals surface area contributed by atoms with E-state index in [1.165, 1.54) is 5.56 Å². The second-order valence-electron chi connectivity index (χ2n) is 6.68. The number of carbonyl (C=O) groups excluding carboxylic acids is 1. The van der Waals surface area contributed by atoms with Crippen molar-refractivity contribution >= 4 is 5.78 Å². The third kappa shape index (κ3) is 4.09. The van der Waals surface area contributed by atoms with Crippen LogP contribution < -0.4 is 4.74 Å². The molecule has 2 atom stereocenters. The first-order valence-electron chi connectivity index (χ1n) is 8.57. The van der Waals surface area contributed by atoms with Crippen molar-refractivity contribution in [3.8, 4) is 5.75 Å². The highest BCUT2D eigenvalue weighted by molar-refractivity contribution is 6.02. The summed E-state index contributed by atoms with van der Waals surface area (Å²) in [6.07, 6.45) is 0.641. The number of carbonyl (C=O) groups is 1. The maximum atomic E-state index is 13.1. The van der Waals surface area contributed by atoms with Gasteiger partial charge in [0, 0.05) is 0 Å². The lowest BCUT2D eigenvalue weighted by Gasteiger charge is -2.17. The van der Waals surface area contributed by atoms with Crippen molar-refractivity contribution in [1.29, 1.82) is 0 Å². The lowest BCUT2D eigenvalue weighted by atomic mass is 9.97. The summed E-state index contributed by atoms with van der Waals surface area (Å²) in [5.74, 6) is -0.312. The topological polar surface area (TPSA) is 44.8 Å². The first kappa shape index (κ1) is 17.6. The second-order valence-corrected chi connectivity index (χ2v) is 6.68. The van der Waals surface area contributed by atoms with Crippen LogP contribution in [0.15, 0.2) is 54.6 Å². The maximum absolute atomic E-state index is 13.1. The Bertz CT molecular complexity index is 724. The van der Waals surface area contributed by atoms with Crippen molar-refractivity contribution in [2.75, 3.05) is 7.11 Å². The molecule has 0 radical (unpaired) electrons. The number of ketones is 1. The molecule has 2 aromatic rings. The quantitative estimate of drug-likeness (QED) is 0.745. The van der Waals surface area contributed by atoms with E-state index >= 15 is 0 Å². The third-order valence-electron chi connectivity index (χ3n) is 4.37. The first-order valence-corrected chi connectivity index (χ1v) is 8.57. The molecule has 1 fully saturated rings. The smallest absolute Gasteiger partial charge is 0.198 e. The Morgan fingerprint density at radius 2 is 1.72 bits per heavy atom. The van der Waals surface area contributed by atoms with Crippen molar-refractivity contribution in [3.05, 3.63) is 65.7 Å². The highest BCUT2D eigenvalue weighted by Gasteiger charge is 2.45. The molecule has 3 rings (SSSR count). The van der Waals surface area contributed by atoms with Crippen LogP contribution in [0.25, 0.3) is 0 Å². The Balaban J connectivity index is 1.78. The van der Waals surface area contributed by atoms with Crippen LogP contribution in [0.4, 0.5) is 0 Å². The number of Topliss-reactive ketones (excluding diaryl/α,β-unsaturated/α-hetero) is 1. The van der Waals surface area contributed by atoms with Gasteiger partial charge in [-0.25, -0.2) is 0 Å². The van der Waals surface area contributed by atoms with Gasteiger partial charge < -0.3 is 14.2 Å². The Hall–Kier alpha value is -2.17. The summed E-state index contributed by atoms with van der Waals surface area (Å²) < 4.78 is 17.3. The summed E-state index contributed by atoms with van der Waals surface area (Å²) >= 11 is 0. The molecular weight excluding hydrogens is 316 g/mol. The van der Waals surface area contributed by atoms with Gasteiger partial charge in [-0.2, -0.15) is 0 Å². The van der Waals surface area contributed by atoms with E-state index in [1.807, 2.05) is 44.2 Å². The highest BCUT2D eigenvalue weighted by atomic mass is 16.8. The molecule has 0 unspecified atom stereocenters. The zero-order chi connectivity index (χ0) is 17.9. The van der Waals surface area contributed by atoms with Gasteiger partial charge in [0.2, 0.25) is 0 Å². The molecule has 1 saturated heterocycles. The Morgan fingerprint density at radius 3 is 2.44 bits per heavy atom. The SMILES string of the molecule is COc1ccccc1C(=O)[C@@H]1OC(C)(C)O[C@H]1CCc1ccccc1. The van der Waals surface area contributed by atoms with Crippen molar-refractivity contribution in [1.82, 2.24) is 0 Å². The predicted octanol–water partition coefficient (Wildman–Crippen LogP) is 4.03. The molecule has 0 spiro atoms. The minimum atomic E-state index is -0.774. The molecule has 4 heteroatoms. The van der Waals surface area contributed by atoms with Gasteiger partial charge in [0.05, 0.1) is 18.8 Å². The van der Waals surface area contributed by atoms with E-state index in [4.69, 9.17) is 14.2 Å². The number of rotatable bonds is 6. The van der Waals surface area contributed by atoms with Crippen LogP contribution in [0.5, 0.6) is 5.75 Å². The van der Waals surface area contributed by atoms with Crippen LogP contribution >= 0.6 is 0 Å². The van der Waals surface area contributed by atoms with Gasteiger partial charge in [-0.15, -0.1) is 0 Å². The van der Waals surface area contributed by atoms with E-state index in [0.29, 0.717) is 11.3 Å². The molecule has 0 amide bonds. The maximum Gasteiger partial charge on any atom is 0.198 e. The second kappa shape index (κ2) is 7.38. The van der Waals surface area contributed by atoms with Crippen LogP contribution in [-0.2, 0) is 15.9 Å². The molecule has 0 bridgehead atoms. The van der Waals surface area contributed by atoms with E-state index in [9.17, 15) is 4.79 Å². The molecule has 0 saturated carbocycles.